The Labute approximate surface area is 143 Å². The number of hydrogen-bond acceptors (Lipinski definition) is 3. The lowest BCUT2D eigenvalue weighted by Crippen LogP contribution is -2.41. The summed E-state index contributed by atoms with van der Waals surface area (Å²) < 4.78 is 25.9. The van der Waals surface area contributed by atoms with Gasteiger partial charge >= 0.3 is 6.03 Å². The number of hydrogen-bond donors (Lipinski definition) is 1. The van der Waals surface area contributed by atoms with Gasteiger partial charge in [-0.15, -0.1) is 0 Å². The highest BCUT2D eigenvalue weighted by molar-refractivity contribution is 7.89. The van der Waals surface area contributed by atoms with E-state index in [4.69, 9.17) is 5.73 Å². The molecule has 2 aromatic rings. The van der Waals surface area contributed by atoms with E-state index in [0.717, 1.165) is 22.7 Å². The van der Waals surface area contributed by atoms with E-state index in [1.807, 2.05) is 37.3 Å². The average molecular weight is 346 g/mol. The van der Waals surface area contributed by atoms with E-state index >= 15 is 0 Å². The van der Waals surface area contributed by atoms with Gasteiger partial charge in [-0.05, 0) is 43.9 Å². The first-order valence-electron chi connectivity index (χ1n) is 7.84. The third-order valence-electron chi connectivity index (χ3n) is 3.77. The minimum Gasteiger partial charge on any atom is -0.351 e. The van der Waals surface area contributed by atoms with Crippen molar-refractivity contribution in [3.05, 3.63) is 65.7 Å². The Hall–Kier alpha value is -2.34. The van der Waals surface area contributed by atoms with Crippen LogP contribution in [0.2, 0.25) is 0 Å². The first kappa shape index (κ1) is 18.0. The maximum atomic E-state index is 12.6. The summed E-state index contributed by atoms with van der Waals surface area (Å²) in [7, 11) is -3.90. The number of rotatable bonds is 7. The standard InChI is InChI=1S/C18H22N2O3S/c1-15-10-12-17(13-11-15)24(22,23)20(18(19)21)14-6-5-9-16-7-3-2-4-8-16/h2-4,7-8,10-13H,5-6,9,14H2,1H3,(H2,19,21). The minimum atomic E-state index is -3.90. The smallest absolute Gasteiger partial charge is 0.328 e. The lowest BCUT2D eigenvalue weighted by atomic mass is 10.1. The highest BCUT2D eigenvalue weighted by atomic mass is 32.2. The van der Waals surface area contributed by atoms with Crippen molar-refractivity contribution in [2.75, 3.05) is 6.54 Å². The third kappa shape index (κ3) is 4.58. The predicted molar refractivity (Wildman–Crippen MR) is 94.0 cm³/mol. The molecule has 0 aromatic heterocycles. The van der Waals surface area contributed by atoms with Crippen LogP contribution < -0.4 is 5.73 Å². The number of sulfonamides is 1. The fraction of sp³-hybridized carbons (Fsp3) is 0.278. The molecule has 0 radical (unpaired) electrons. The number of unbranched alkanes of at least 4 members (excludes halogenated alkanes) is 1. The Kier molecular flexibility index (Phi) is 5.98. The van der Waals surface area contributed by atoms with Crippen molar-refractivity contribution in [2.24, 2.45) is 5.73 Å². The van der Waals surface area contributed by atoms with Crippen molar-refractivity contribution in [2.45, 2.75) is 31.1 Å². The van der Waals surface area contributed by atoms with Crippen LogP contribution in [0.15, 0.2) is 59.5 Å². The van der Waals surface area contributed by atoms with Crippen molar-refractivity contribution in [3.8, 4) is 0 Å². The van der Waals surface area contributed by atoms with Crippen LogP contribution in [-0.4, -0.2) is 25.3 Å². The molecular weight excluding hydrogens is 324 g/mol. The van der Waals surface area contributed by atoms with E-state index in [-0.39, 0.29) is 11.4 Å². The van der Waals surface area contributed by atoms with Crippen molar-refractivity contribution in [1.29, 1.82) is 0 Å². The molecule has 0 aliphatic carbocycles. The van der Waals surface area contributed by atoms with Gasteiger partial charge in [-0.25, -0.2) is 17.5 Å². The third-order valence-corrected chi connectivity index (χ3v) is 5.58. The van der Waals surface area contributed by atoms with Gasteiger partial charge in [0.1, 0.15) is 0 Å². The molecule has 2 amide bonds. The number of aryl methyl sites for hydroxylation is 2. The molecule has 24 heavy (non-hydrogen) atoms. The Morgan fingerprint density at radius 3 is 2.21 bits per heavy atom. The van der Waals surface area contributed by atoms with Gasteiger partial charge in [-0.3, -0.25) is 0 Å². The SMILES string of the molecule is Cc1ccc(S(=O)(=O)N(CCCCc2ccccc2)C(N)=O)cc1. The van der Waals surface area contributed by atoms with Gasteiger partial charge in [0, 0.05) is 6.54 Å². The van der Waals surface area contributed by atoms with Crippen molar-refractivity contribution >= 4 is 16.1 Å². The van der Waals surface area contributed by atoms with E-state index in [2.05, 4.69) is 0 Å². The zero-order chi connectivity index (χ0) is 17.6. The summed E-state index contributed by atoms with van der Waals surface area (Å²) in [6.45, 7) is 1.95. The van der Waals surface area contributed by atoms with Gasteiger partial charge in [-0.1, -0.05) is 48.0 Å². The van der Waals surface area contributed by atoms with Crippen molar-refractivity contribution in [3.63, 3.8) is 0 Å². The second-order valence-corrected chi connectivity index (χ2v) is 7.53. The number of urea groups is 1. The topological polar surface area (TPSA) is 80.5 Å². The Morgan fingerprint density at radius 1 is 1.00 bits per heavy atom. The van der Waals surface area contributed by atoms with E-state index in [1.54, 1.807) is 12.1 Å². The second kappa shape index (κ2) is 7.97. The van der Waals surface area contributed by atoms with Gasteiger partial charge in [0.05, 0.1) is 4.90 Å². The quantitative estimate of drug-likeness (QED) is 0.782. The summed E-state index contributed by atoms with van der Waals surface area (Å²) in [6.07, 6.45) is 2.16. The summed E-state index contributed by atoms with van der Waals surface area (Å²) in [5.74, 6) is 0. The van der Waals surface area contributed by atoms with Gasteiger partial charge < -0.3 is 5.73 Å². The minimum absolute atomic E-state index is 0.0787. The summed E-state index contributed by atoms with van der Waals surface area (Å²) in [4.78, 5) is 11.7. The maximum Gasteiger partial charge on any atom is 0.328 e. The fourth-order valence-electron chi connectivity index (χ4n) is 2.42. The number of amides is 2. The van der Waals surface area contributed by atoms with Crippen LogP contribution in [0.3, 0.4) is 0 Å². The zero-order valence-electron chi connectivity index (χ0n) is 13.7. The van der Waals surface area contributed by atoms with Crippen LogP contribution in [0.4, 0.5) is 4.79 Å². The van der Waals surface area contributed by atoms with E-state index in [1.165, 1.54) is 17.7 Å². The molecule has 0 aliphatic heterocycles. The fourth-order valence-corrected chi connectivity index (χ4v) is 3.76. The molecule has 0 saturated carbocycles. The molecule has 0 aliphatic rings. The molecule has 0 unspecified atom stereocenters. The maximum absolute atomic E-state index is 12.6. The lowest BCUT2D eigenvalue weighted by molar-refractivity contribution is 0.231. The molecule has 0 spiro atoms. The van der Waals surface area contributed by atoms with Crippen LogP contribution in [0.25, 0.3) is 0 Å². The van der Waals surface area contributed by atoms with Gasteiger partial charge in [0.15, 0.2) is 0 Å². The molecule has 6 heteroatoms. The number of carbonyl (C=O) groups excluding carboxylic acids is 1. The Balaban J connectivity index is 2.01. The van der Waals surface area contributed by atoms with Crippen molar-refractivity contribution in [1.82, 2.24) is 4.31 Å². The highest BCUT2D eigenvalue weighted by Crippen LogP contribution is 2.17. The van der Waals surface area contributed by atoms with Gasteiger partial charge in [0.25, 0.3) is 10.0 Å². The molecule has 128 valence electrons. The number of carbonyl (C=O) groups is 1. The number of primary amides is 1. The van der Waals surface area contributed by atoms with Crippen LogP contribution >= 0.6 is 0 Å². The van der Waals surface area contributed by atoms with Crippen LogP contribution in [0.5, 0.6) is 0 Å². The highest BCUT2D eigenvalue weighted by Gasteiger charge is 2.26. The first-order chi connectivity index (χ1) is 11.4. The summed E-state index contributed by atoms with van der Waals surface area (Å²) in [5.41, 5.74) is 7.42. The number of nitrogens with zero attached hydrogens (tertiary/aromatic N) is 1. The number of benzene rings is 2. The molecule has 0 fully saturated rings. The molecule has 0 saturated heterocycles. The lowest BCUT2D eigenvalue weighted by Gasteiger charge is -2.20. The Bertz CT molecular complexity index is 772. The normalized spacial score (nSPS) is 11.2. The summed E-state index contributed by atoms with van der Waals surface area (Å²) >= 11 is 0. The van der Waals surface area contributed by atoms with E-state index < -0.39 is 16.1 Å². The predicted octanol–water partition coefficient (Wildman–Crippen LogP) is 3.09. The van der Waals surface area contributed by atoms with Crippen LogP contribution in [-0.2, 0) is 16.4 Å². The molecule has 0 bridgehead atoms. The van der Waals surface area contributed by atoms with E-state index in [0.29, 0.717) is 6.42 Å². The van der Waals surface area contributed by atoms with Crippen LogP contribution in [0, 0.1) is 6.92 Å². The molecule has 0 heterocycles. The molecular formula is C18H22N2O3S. The second-order valence-electron chi connectivity index (χ2n) is 5.67. The zero-order valence-corrected chi connectivity index (χ0v) is 14.5. The summed E-state index contributed by atoms with van der Waals surface area (Å²) in [5, 5.41) is 0. The molecule has 0 atom stereocenters. The largest absolute Gasteiger partial charge is 0.351 e. The van der Waals surface area contributed by atoms with Gasteiger partial charge in [-0.2, -0.15) is 0 Å². The Morgan fingerprint density at radius 2 is 1.62 bits per heavy atom. The monoisotopic (exact) mass is 346 g/mol. The summed E-state index contributed by atoms with van der Waals surface area (Å²) in [6, 6.07) is 15.4. The van der Waals surface area contributed by atoms with Crippen molar-refractivity contribution < 1.29 is 13.2 Å². The molecule has 2 N–H and O–H groups in total. The molecule has 2 aromatic carbocycles. The number of nitrogens with two attached hydrogens (primary N) is 1. The van der Waals surface area contributed by atoms with Gasteiger partial charge in [0.2, 0.25) is 0 Å². The average Bonchev–Trinajstić information content (AvgIpc) is 2.55. The molecule has 2 rings (SSSR count). The van der Waals surface area contributed by atoms with E-state index in [9.17, 15) is 13.2 Å². The molecule has 5 nitrogen and oxygen atoms in total. The first-order valence-corrected chi connectivity index (χ1v) is 9.28. The van der Waals surface area contributed by atoms with Crippen LogP contribution in [0.1, 0.15) is 24.0 Å².